The molecule has 0 aliphatic carbocycles. The van der Waals surface area contributed by atoms with E-state index in [4.69, 9.17) is 5.11 Å². The summed E-state index contributed by atoms with van der Waals surface area (Å²) in [5.74, 6) is -1.08. The number of carbonyl (C=O) groups is 2. The second-order valence-corrected chi connectivity index (χ2v) is 4.02. The average molecular weight is 287 g/mol. The normalized spacial score (nSPS) is 9.62. The summed E-state index contributed by atoms with van der Waals surface area (Å²) < 4.78 is 0.948. The molecule has 5 nitrogen and oxygen atoms in total. The molecule has 0 atom stereocenters. The molecule has 0 aliphatic rings. The summed E-state index contributed by atoms with van der Waals surface area (Å²) in [6.45, 7) is 1.49. The van der Waals surface area contributed by atoms with Gasteiger partial charge in [0.05, 0.1) is 0 Å². The molecule has 1 aromatic carbocycles. The number of rotatable bonds is 3. The third kappa shape index (κ3) is 3.90. The number of carboxylic acids is 1. The molecular formula is C10H11BrN2O3. The number of urea groups is 1. The van der Waals surface area contributed by atoms with Crippen LogP contribution in [0.2, 0.25) is 0 Å². The van der Waals surface area contributed by atoms with E-state index in [-0.39, 0.29) is 0 Å². The summed E-state index contributed by atoms with van der Waals surface area (Å²) in [6.07, 6.45) is 0. The van der Waals surface area contributed by atoms with Gasteiger partial charge in [0.15, 0.2) is 0 Å². The monoisotopic (exact) mass is 286 g/mol. The molecule has 0 bridgehead atoms. The van der Waals surface area contributed by atoms with Gasteiger partial charge in [0.25, 0.3) is 0 Å². The minimum atomic E-state index is -1.08. The average Bonchev–Trinajstić information content (AvgIpc) is 2.21. The molecule has 0 saturated heterocycles. The maximum atomic E-state index is 11.2. The standard InChI is InChI=1S/C10H11BrN2O3/c1-6-4-7(2-3-8(6)11)13-10(16)12-5-9(14)15/h2-4H,5H2,1H3,(H,14,15)(H2,12,13,16). The van der Waals surface area contributed by atoms with Gasteiger partial charge < -0.3 is 15.7 Å². The van der Waals surface area contributed by atoms with Crippen LogP contribution in [0.25, 0.3) is 0 Å². The Kier molecular flexibility index (Phi) is 4.30. The first kappa shape index (κ1) is 12.5. The van der Waals surface area contributed by atoms with Crippen LogP contribution in [0.1, 0.15) is 5.56 Å². The smallest absolute Gasteiger partial charge is 0.323 e. The van der Waals surface area contributed by atoms with Crippen molar-refractivity contribution in [2.75, 3.05) is 11.9 Å². The Morgan fingerprint density at radius 2 is 2.12 bits per heavy atom. The molecule has 0 spiro atoms. The number of nitrogens with one attached hydrogen (secondary N) is 2. The summed E-state index contributed by atoms with van der Waals surface area (Å²) in [7, 11) is 0. The third-order valence-electron chi connectivity index (χ3n) is 1.82. The maximum absolute atomic E-state index is 11.2. The Morgan fingerprint density at radius 3 is 2.69 bits per heavy atom. The van der Waals surface area contributed by atoms with E-state index in [0.29, 0.717) is 5.69 Å². The zero-order valence-corrected chi connectivity index (χ0v) is 10.2. The number of halogens is 1. The zero-order valence-electron chi connectivity index (χ0n) is 8.58. The van der Waals surface area contributed by atoms with Gasteiger partial charge in [-0.1, -0.05) is 15.9 Å². The van der Waals surface area contributed by atoms with Crippen molar-refractivity contribution in [3.8, 4) is 0 Å². The van der Waals surface area contributed by atoms with Crippen molar-refractivity contribution in [1.29, 1.82) is 0 Å². The van der Waals surface area contributed by atoms with Crippen LogP contribution in [0.15, 0.2) is 22.7 Å². The summed E-state index contributed by atoms with van der Waals surface area (Å²) >= 11 is 3.34. The number of aliphatic carboxylic acids is 1. The van der Waals surface area contributed by atoms with Crippen molar-refractivity contribution in [2.45, 2.75) is 6.92 Å². The lowest BCUT2D eigenvalue weighted by Crippen LogP contribution is -2.33. The lowest BCUT2D eigenvalue weighted by atomic mass is 10.2. The van der Waals surface area contributed by atoms with Crippen molar-refractivity contribution >= 4 is 33.6 Å². The highest BCUT2D eigenvalue weighted by atomic mass is 79.9. The second kappa shape index (κ2) is 5.50. The van der Waals surface area contributed by atoms with Gasteiger partial charge in [0, 0.05) is 10.2 Å². The van der Waals surface area contributed by atoms with Gasteiger partial charge in [-0.3, -0.25) is 4.79 Å². The van der Waals surface area contributed by atoms with Crippen LogP contribution in [0.5, 0.6) is 0 Å². The Hall–Kier alpha value is -1.56. The van der Waals surface area contributed by atoms with E-state index in [1.807, 2.05) is 13.0 Å². The molecule has 16 heavy (non-hydrogen) atoms. The summed E-state index contributed by atoms with van der Waals surface area (Å²) in [5, 5.41) is 13.1. The minimum Gasteiger partial charge on any atom is -0.480 e. The minimum absolute atomic E-state index is 0.401. The molecule has 0 saturated carbocycles. The van der Waals surface area contributed by atoms with E-state index >= 15 is 0 Å². The van der Waals surface area contributed by atoms with Crippen molar-refractivity contribution < 1.29 is 14.7 Å². The van der Waals surface area contributed by atoms with Crippen LogP contribution in [-0.4, -0.2) is 23.7 Å². The Labute approximate surface area is 101 Å². The molecular weight excluding hydrogens is 276 g/mol. The van der Waals surface area contributed by atoms with Gasteiger partial charge >= 0.3 is 12.0 Å². The molecule has 1 aromatic rings. The van der Waals surface area contributed by atoms with Crippen LogP contribution in [-0.2, 0) is 4.79 Å². The summed E-state index contributed by atoms with van der Waals surface area (Å²) in [5.41, 5.74) is 1.60. The van der Waals surface area contributed by atoms with Crippen LogP contribution < -0.4 is 10.6 Å². The second-order valence-electron chi connectivity index (χ2n) is 3.17. The topological polar surface area (TPSA) is 78.4 Å². The third-order valence-corrected chi connectivity index (χ3v) is 2.71. The molecule has 0 aromatic heterocycles. The largest absolute Gasteiger partial charge is 0.480 e. The van der Waals surface area contributed by atoms with Crippen LogP contribution in [0.3, 0.4) is 0 Å². The molecule has 1 rings (SSSR count). The number of amides is 2. The quantitative estimate of drug-likeness (QED) is 0.795. The highest BCUT2D eigenvalue weighted by Gasteiger charge is 2.04. The zero-order chi connectivity index (χ0) is 12.1. The van der Waals surface area contributed by atoms with Gasteiger partial charge in [-0.2, -0.15) is 0 Å². The lowest BCUT2D eigenvalue weighted by molar-refractivity contribution is -0.135. The highest BCUT2D eigenvalue weighted by molar-refractivity contribution is 9.10. The van der Waals surface area contributed by atoms with Crippen molar-refractivity contribution in [3.05, 3.63) is 28.2 Å². The highest BCUT2D eigenvalue weighted by Crippen LogP contribution is 2.19. The predicted molar refractivity (Wildman–Crippen MR) is 63.5 cm³/mol. The SMILES string of the molecule is Cc1cc(NC(=O)NCC(=O)O)ccc1Br. The van der Waals surface area contributed by atoms with Crippen molar-refractivity contribution in [3.63, 3.8) is 0 Å². The molecule has 2 amide bonds. The van der Waals surface area contributed by atoms with Gasteiger partial charge in [-0.25, -0.2) is 4.79 Å². The van der Waals surface area contributed by atoms with Gasteiger partial charge in [0.2, 0.25) is 0 Å². The van der Waals surface area contributed by atoms with Crippen LogP contribution in [0, 0.1) is 6.92 Å². The van der Waals surface area contributed by atoms with E-state index in [2.05, 4.69) is 26.6 Å². The number of anilines is 1. The number of hydrogen-bond donors (Lipinski definition) is 3. The molecule has 0 unspecified atom stereocenters. The van der Waals surface area contributed by atoms with E-state index in [1.165, 1.54) is 0 Å². The molecule has 0 radical (unpaired) electrons. The molecule has 6 heteroatoms. The first-order valence-corrected chi connectivity index (χ1v) is 5.31. The number of aryl methyl sites for hydroxylation is 1. The number of carbonyl (C=O) groups excluding carboxylic acids is 1. The fourth-order valence-corrected chi connectivity index (χ4v) is 1.30. The maximum Gasteiger partial charge on any atom is 0.323 e. The van der Waals surface area contributed by atoms with Gasteiger partial charge in [-0.05, 0) is 30.7 Å². The number of benzene rings is 1. The number of carboxylic acid groups (broad SMARTS) is 1. The fourth-order valence-electron chi connectivity index (χ4n) is 1.05. The van der Waals surface area contributed by atoms with Gasteiger partial charge in [-0.15, -0.1) is 0 Å². The van der Waals surface area contributed by atoms with E-state index in [0.717, 1.165) is 10.0 Å². The van der Waals surface area contributed by atoms with Crippen molar-refractivity contribution in [2.24, 2.45) is 0 Å². The van der Waals surface area contributed by atoms with Crippen molar-refractivity contribution in [1.82, 2.24) is 5.32 Å². The van der Waals surface area contributed by atoms with Crippen LogP contribution >= 0.6 is 15.9 Å². The lowest BCUT2D eigenvalue weighted by Gasteiger charge is -2.07. The summed E-state index contributed by atoms with van der Waals surface area (Å²) in [6, 6.07) is 4.77. The molecule has 3 N–H and O–H groups in total. The summed E-state index contributed by atoms with van der Waals surface area (Å²) in [4.78, 5) is 21.4. The van der Waals surface area contributed by atoms with E-state index in [9.17, 15) is 9.59 Å². The first-order valence-electron chi connectivity index (χ1n) is 4.52. The predicted octanol–water partition coefficient (Wildman–Crippen LogP) is 1.96. The van der Waals surface area contributed by atoms with Gasteiger partial charge in [0.1, 0.15) is 6.54 Å². The number of hydrogen-bond acceptors (Lipinski definition) is 2. The van der Waals surface area contributed by atoms with E-state index < -0.39 is 18.5 Å². The fraction of sp³-hybridized carbons (Fsp3) is 0.200. The molecule has 0 fully saturated rings. The Morgan fingerprint density at radius 1 is 1.44 bits per heavy atom. The molecule has 86 valence electrons. The molecule has 0 aliphatic heterocycles. The first-order chi connectivity index (χ1) is 7.49. The molecule has 0 heterocycles. The van der Waals surface area contributed by atoms with E-state index in [1.54, 1.807) is 12.1 Å². The van der Waals surface area contributed by atoms with Crippen LogP contribution in [0.4, 0.5) is 10.5 Å². The Bertz CT molecular complexity index is 421. The Balaban J connectivity index is 2.56.